The number of nitrogens with zero attached hydrogens (tertiary/aromatic N) is 2. The van der Waals surface area contributed by atoms with Crippen LogP contribution in [0.2, 0.25) is 0 Å². The number of hydrogen-bond donors (Lipinski definition) is 2. The van der Waals surface area contributed by atoms with E-state index in [-0.39, 0.29) is 0 Å². The van der Waals surface area contributed by atoms with Crippen LogP contribution in [0.3, 0.4) is 0 Å². The summed E-state index contributed by atoms with van der Waals surface area (Å²) in [5, 5.41) is 3.25. The molecule has 0 aromatic rings. The number of hydrogen-bond acceptors (Lipinski definition) is 2. The van der Waals surface area contributed by atoms with E-state index in [1.165, 1.54) is 58.2 Å². The zero-order valence-electron chi connectivity index (χ0n) is 14.0. The molecule has 1 aliphatic heterocycles. The van der Waals surface area contributed by atoms with Gasteiger partial charge in [-0.1, -0.05) is 20.3 Å². The Morgan fingerprint density at radius 2 is 1.90 bits per heavy atom. The lowest BCUT2D eigenvalue weighted by Crippen LogP contribution is -2.39. The summed E-state index contributed by atoms with van der Waals surface area (Å²) < 4.78 is 0. The van der Waals surface area contributed by atoms with Crippen LogP contribution >= 0.6 is 0 Å². The van der Waals surface area contributed by atoms with E-state index in [1.54, 1.807) is 0 Å². The maximum Gasteiger partial charge on any atom is 0.188 e. The Hall–Kier alpha value is -0.770. The van der Waals surface area contributed by atoms with E-state index in [4.69, 9.17) is 5.73 Å². The fraction of sp³-hybridized carbons (Fsp3) is 0.941. The van der Waals surface area contributed by atoms with Crippen LogP contribution in [-0.2, 0) is 0 Å². The molecule has 2 rings (SSSR count). The molecule has 0 bridgehead atoms. The minimum absolute atomic E-state index is 0.641. The summed E-state index contributed by atoms with van der Waals surface area (Å²) in [6, 6.07) is 0. The molecule has 4 heteroatoms. The normalized spacial score (nSPS) is 28.4. The van der Waals surface area contributed by atoms with Crippen LogP contribution in [-0.4, -0.2) is 43.6 Å². The monoisotopic (exact) mass is 294 g/mol. The average Bonchev–Trinajstić information content (AvgIpc) is 2.35. The molecule has 21 heavy (non-hydrogen) atoms. The maximum absolute atomic E-state index is 5.89. The molecule has 0 radical (unpaired) electrons. The summed E-state index contributed by atoms with van der Waals surface area (Å²) in [6.07, 6.45) is 7.88. The van der Waals surface area contributed by atoms with Gasteiger partial charge in [-0.25, -0.2) is 0 Å². The smallest absolute Gasteiger partial charge is 0.188 e. The zero-order chi connectivity index (χ0) is 15.1. The number of guanidine groups is 1. The summed E-state index contributed by atoms with van der Waals surface area (Å²) in [7, 11) is 0. The van der Waals surface area contributed by atoms with E-state index in [2.05, 4.69) is 29.1 Å². The van der Waals surface area contributed by atoms with Crippen LogP contribution in [0.5, 0.6) is 0 Å². The van der Waals surface area contributed by atoms with Gasteiger partial charge < -0.3 is 16.0 Å². The van der Waals surface area contributed by atoms with Gasteiger partial charge in [0.25, 0.3) is 0 Å². The van der Waals surface area contributed by atoms with E-state index >= 15 is 0 Å². The highest BCUT2D eigenvalue weighted by atomic mass is 15.1. The lowest BCUT2D eigenvalue weighted by atomic mass is 9.86. The second-order valence-electron chi connectivity index (χ2n) is 7.36. The highest BCUT2D eigenvalue weighted by molar-refractivity contribution is 5.77. The molecular weight excluding hydrogens is 260 g/mol. The third-order valence-corrected chi connectivity index (χ3v) is 4.90. The van der Waals surface area contributed by atoms with Crippen LogP contribution in [0.4, 0.5) is 0 Å². The molecule has 2 unspecified atom stereocenters. The van der Waals surface area contributed by atoms with Crippen molar-refractivity contribution in [1.82, 2.24) is 10.2 Å². The van der Waals surface area contributed by atoms with E-state index in [0.29, 0.717) is 5.96 Å². The van der Waals surface area contributed by atoms with Crippen molar-refractivity contribution >= 4 is 5.96 Å². The number of unbranched alkanes of at least 4 members (excludes halogenated alkanes) is 1. The summed E-state index contributed by atoms with van der Waals surface area (Å²) >= 11 is 0. The molecule has 4 nitrogen and oxygen atoms in total. The Labute approximate surface area is 130 Å². The quantitative estimate of drug-likeness (QED) is 0.431. The molecule has 0 spiro atoms. The first-order chi connectivity index (χ1) is 10.1. The van der Waals surface area contributed by atoms with Crippen molar-refractivity contribution in [2.75, 3.05) is 32.7 Å². The predicted molar refractivity (Wildman–Crippen MR) is 90.5 cm³/mol. The molecule has 0 aromatic heterocycles. The molecule has 122 valence electrons. The summed E-state index contributed by atoms with van der Waals surface area (Å²) in [5.74, 6) is 3.16. The van der Waals surface area contributed by atoms with Crippen LogP contribution in [0.15, 0.2) is 4.99 Å². The topological polar surface area (TPSA) is 53.6 Å². The van der Waals surface area contributed by atoms with Gasteiger partial charge in [0.2, 0.25) is 0 Å². The number of likely N-dealkylation sites (tertiary alicyclic amines) is 1. The van der Waals surface area contributed by atoms with Crippen molar-refractivity contribution in [2.45, 2.75) is 52.4 Å². The molecule has 0 aromatic carbocycles. The van der Waals surface area contributed by atoms with E-state index in [9.17, 15) is 0 Å². The fourth-order valence-corrected chi connectivity index (χ4v) is 3.61. The van der Waals surface area contributed by atoms with Crippen LogP contribution in [0.25, 0.3) is 0 Å². The van der Waals surface area contributed by atoms with Gasteiger partial charge in [-0.15, -0.1) is 0 Å². The standard InChI is InChI=1S/C17H34N4/c1-14-10-15(2)13-21(12-14)9-4-3-8-19-17(18)20-11-16-6-5-7-16/h14-16H,3-13H2,1-2H3,(H3,18,19,20). The number of piperidine rings is 1. The highest BCUT2D eigenvalue weighted by Gasteiger charge is 2.20. The third kappa shape index (κ3) is 6.25. The first-order valence-corrected chi connectivity index (χ1v) is 8.89. The van der Waals surface area contributed by atoms with Crippen molar-refractivity contribution in [2.24, 2.45) is 28.5 Å². The number of nitrogens with two attached hydrogens (primary N) is 1. The van der Waals surface area contributed by atoms with Crippen molar-refractivity contribution < 1.29 is 0 Å². The van der Waals surface area contributed by atoms with Gasteiger partial charge in [0, 0.05) is 26.2 Å². The largest absolute Gasteiger partial charge is 0.370 e. The number of nitrogens with one attached hydrogen (secondary N) is 1. The van der Waals surface area contributed by atoms with Crippen LogP contribution in [0.1, 0.15) is 52.4 Å². The lowest BCUT2D eigenvalue weighted by molar-refractivity contribution is 0.139. The zero-order valence-corrected chi connectivity index (χ0v) is 14.0. The Morgan fingerprint density at radius 3 is 2.52 bits per heavy atom. The molecule has 0 amide bonds. The molecule has 2 aliphatic rings. The van der Waals surface area contributed by atoms with Gasteiger partial charge in [0.05, 0.1) is 0 Å². The van der Waals surface area contributed by atoms with Gasteiger partial charge in [0.1, 0.15) is 0 Å². The maximum atomic E-state index is 5.89. The Bertz CT molecular complexity index is 315. The van der Waals surface area contributed by atoms with Gasteiger partial charge >= 0.3 is 0 Å². The molecule has 1 saturated heterocycles. The van der Waals surface area contributed by atoms with Crippen molar-refractivity contribution in [3.63, 3.8) is 0 Å². The van der Waals surface area contributed by atoms with Crippen LogP contribution in [0, 0.1) is 17.8 Å². The van der Waals surface area contributed by atoms with E-state index in [0.717, 1.165) is 30.8 Å². The number of rotatable bonds is 7. The molecule has 1 aliphatic carbocycles. The van der Waals surface area contributed by atoms with E-state index < -0.39 is 0 Å². The highest BCUT2D eigenvalue weighted by Crippen LogP contribution is 2.26. The minimum Gasteiger partial charge on any atom is -0.370 e. The predicted octanol–water partition coefficient (Wildman–Crippen LogP) is 2.45. The molecule has 1 heterocycles. The summed E-state index contributed by atoms with van der Waals surface area (Å²) in [5.41, 5.74) is 5.89. The minimum atomic E-state index is 0.641. The van der Waals surface area contributed by atoms with Crippen molar-refractivity contribution in [3.05, 3.63) is 0 Å². The van der Waals surface area contributed by atoms with Gasteiger partial charge in [0.15, 0.2) is 5.96 Å². The average molecular weight is 294 g/mol. The first-order valence-electron chi connectivity index (χ1n) is 8.89. The SMILES string of the molecule is CC1CC(C)CN(CCCCNC(N)=NCC2CCC2)C1. The number of aliphatic imine (C=N–C) groups is 1. The van der Waals surface area contributed by atoms with Gasteiger partial charge in [-0.05, 0) is 56.4 Å². The molecule has 2 fully saturated rings. The third-order valence-electron chi connectivity index (χ3n) is 4.90. The van der Waals surface area contributed by atoms with E-state index in [1.807, 2.05) is 0 Å². The molecule has 3 N–H and O–H groups in total. The second-order valence-corrected chi connectivity index (χ2v) is 7.36. The molecular formula is C17H34N4. The van der Waals surface area contributed by atoms with Crippen molar-refractivity contribution in [3.8, 4) is 0 Å². The Kier molecular flexibility index (Phi) is 6.81. The molecule has 1 saturated carbocycles. The van der Waals surface area contributed by atoms with Crippen LogP contribution < -0.4 is 11.1 Å². The summed E-state index contributed by atoms with van der Waals surface area (Å²) in [6.45, 7) is 10.4. The summed E-state index contributed by atoms with van der Waals surface area (Å²) in [4.78, 5) is 7.06. The first kappa shape index (κ1) is 16.6. The van der Waals surface area contributed by atoms with Gasteiger partial charge in [-0.2, -0.15) is 0 Å². The van der Waals surface area contributed by atoms with Gasteiger partial charge in [-0.3, -0.25) is 4.99 Å². The lowest BCUT2D eigenvalue weighted by Gasteiger charge is -2.34. The second kappa shape index (κ2) is 8.62. The Balaban J connectivity index is 1.49. The fourth-order valence-electron chi connectivity index (χ4n) is 3.61. The Morgan fingerprint density at radius 1 is 1.19 bits per heavy atom. The molecule has 2 atom stereocenters. The van der Waals surface area contributed by atoms with Crippen molar-refractivity contribution in [1.29, 1.82) is 0 Å².